The summed E-state index contributed by atoms with van der Waals surface area (Å²) in [7, 11) is 1.89. The zero-order valence-corrected chi connectivity index (χ0v) is 13.5. The fourth-order valence-electron chi connectivity index (χ4n) is 2.20. The molecule has 3 aromatic rings. The van der Waals surface area contributed by atoms with E-state index in [1.165, 1.54) is 0 Å². The van der Waals surface area contributed by atoms with Crippen LogP contribution >= 0.6 is 0 Å². The van der Waals surface area contributed by atoms with E-state index in [2.05, 4.69) is 20.5 Å². The van der Waals surface area contributed by atoms with Gasteiger partial charge in [-0.25, -0.2) is 0 Å². The molecule has 0 saturated carbocycles. The van der Waals surface area contributed by atoms with Crippen molar-refractivity contribution < 1.29 is 4.79 Å². The summed E-state index contributed by atoms with van der Waals surface area (Å²) in [6, 6.07) is 17.0. The van der Waals surface area contributed by atoms with Crippen LogP contribution in [0.25, 0.3) is 0 Å². The van der Waals surface area contributed by atoms with Crippen LogP contribution in [0, 0.1) is 0 Å². The normalized spacial score (nSPS) is 10.2. The highest BCUT2D eigenvalue weighted by molar-refractivity contribution is 5.94. The molecule has 0 spiro atoms. The van der Waals surface area contributed by atoms with Crippen LogP contribution in [-0.2, 0) is 0 Å². The molecular weight excluding hydrogens is 302 g/mol. The first kappa shape index (κ1) is 15.6. The Hall–Kier alpha value is -3.28. The van der Waals surface area contributed by atoms with Gasteiger partial charge in [0.2, 0.25) is 0 Å². The van der Waals surface area contributed by atoms with Crippen LogP contribution in [0.4, 0.5) is 23.1 Å². The summed E-state index contributed by atoms with van der Waals surface area (Å²) in [5.74, 6) is 1.11. The van der Waals surface area contributed by atoms with E-state index in [0.29, 0.717) is 17.3 Å². The molecule has 1 N–H and O–H groups in total. The zero-order valence-electron chi connectivity index (χ0n) is 13.5. The smallest absolute Gasteiger partial charge is 0.251 e. The van der Waals surface area contributed by atoms with Gasteiger partial charge in [-0.3, -0.25) is 4.79 Å². The van der Waals surface area contributed by atoms with Gasteiger partial charge in [0.25, 0.3) is 5.95 Å². The number of anilines is 4. The van der Waals surface area contributed by atoms with Crippen LogP contribution in [0.1, 0.15) is 17.3 Å². The number of carbonyl (C=O) groups excluding carboxylic acids is 1. The van der Waals surface area contributed by atoms with E-state index < -0.39 is 0 Å². The molecule has 0 aliphatic heterocycles. The van der Waals surface area contributed by atoms with Gasteiger partial charge in [0, 0.05) is 24.0 Å². The number of hydrogen-bond acceptors (Lipinski definition) is 6. The maximum atomic E-state index is 11.3. The third kappa shape index (κ3) is 3.55. The first-order valence-corrected chi connectivity index (χ1v) is 7.50. The average Bonchev–Trinajstić information content (AvgIpc) is 2.62. The van der Waals surface area contributed by atoms with E-state index >= 15 is 0 Å². The Bertz CT molecular complexity index is 834. The number of hydrogen-bond donors (Lipinski definition) is 1. The summed E-state index contributed by atoms with van der Waals surface area (Å²) >= 11 is 0. The van der Waals surface area contributed by atoms with Crippen molar-refractivity contribution in [3.8, 4) is 0 Å². The van der Waals surface area contributed by atoms with Crippen molar-refractivity contribution in [1.82, 2.24) is 15.2 Å². The Kier molecular flexibility index (Phi) is 4.47. The third-order valence-corrected chi connectivity index (χ3v) is 3.55. The minimum atomic E-state index is 0.0389. The Morgan fingerprint density at radius 2 is 1.75 bits per heavy atom. The molecule has 0 aliphatic rings. The number of nitrogens with zero attached hydrogens (tertiary/aromatic N) is 4. The van der Waals surface area contributed by atoms with Crippen molar-refractivity contribution in [3.05, 3.63) is 66.4 Å². The number of nitrogens with one attached hydrogen (secondary N) is 1. The molecule has 0 bridgehead atoms. The largest absolute Gasteiger partial charge is 0.339 e. The van der Waals surface area contributed by atoms with E-state index in [9.17, 15) is 4.79 Å². The Morgan fingerprint density at radius 1 is 1.04 bits per heavy atom. The Balaban J connectivity index is 1.79. The lowest BCUT2D eigenvalue weighted by Gasteiger charge is -2.17. The van der Waals surface area contributed by atoms with Crippen molar-refractivity contribution in [2.45, 2.75) is 6.92 Å². The zero-order chi connectivity index (χ0) is 16.9. The molecule has 0 unspecified atom stereocenters. The van der Waals surface area contributed by atoms with Gasteiger partial charge in [-0.1, -0.05) is 18.2 Å². The monoisotopic (exact) mass is 319 g/mol. The second-order valence-electron chi connectivity index (χ2n) is 5.29. The SMILES string of the molecule is CC(=O)c1ccc(Nc2cnnc(N(C)c3ccccc3)n2)cc1. The lowest BCUT2D eigenvalue weighted by Crippen LogP contribution is -2.14. The number of rotatable bonds is 5. The van der Waals surface area contributed by atoms with Gasteiger partial charge < -0.3 is 10.2 Å². The van der Waals surface area contributed by atoms with Crippen molar-refractivity contribution in [2.24, 2.45) is 0 Å². The molecule has 0 amide bonds. The highest BCUT2D eigenvalue weighted by Gasteiger charge is 2.08. The minimum absolute atomic E-state index is 0.0389. The lowest BCUT2D eigenvalue weighted by molar-refractivity contribution is 0.101. The predicted octanol–water partition coefficient (Wildman–Crippen LogP) is 3.59. The van der Waals surface area contributed by atoms with Gasteiger partial charge in [-0.2, -0.15) is 10.1 Å². The van der Waals surface area contributed by atoms with Crippen molar-refractivity contribution >= 4 is 28.9 Å². The van der Waals surface area contributed by atoms with Gasteiger partial charge in [0.05, 0.1) is 6.20 Å². The molecule has 0 aliphatic carbocycles. The van der Waals surface area contributed by atoms with E-state index in [1.807, 2.05) is 54.4 Å². The molecule has 0 fully saturated rings. The highest BCUT2D eigenvalue weighted by Crippen LogP contribution is 2.21. The fraction of sp³-hybridized carbons (Fsp3) is 0.111. The molecule has 1 heterocycles. The number of aromatic nitrogens is 3. The number of carbonyl (C=O) groups is 1. The summed E-state index contributed by atoms with van der Waals surface area (Å²) in [5.41, 5.74) is 2.47. The summed E-state index contributed by atoms with van der Waals surface area (Å²) < 4.78 is 0. The minimum Gasteiger partial charge on any atom is -0.339 e. The quantitative estimate of drug-likeness (QED) is 0.725. The summed E-state index contributed by atoms with van der Waals surface area (Å²) in [4.78, 5) is 17.6. The maximum absolute atomic E-state index is 11.3. The highest BCUT2D eigenvalue weighted by atomic mass is 16.1. The van der Waals surface area contributed by atoms with Gasteiger partial charge in [0.15, 0.2) is 11.6 Å². The fourth-order valence-corrected chi connectivity index (χ4v) is 2.20. The summed E-state index contributed by atoms with van der Waals surface area (Å²) in [6.45, 7) is 1.54. The van der Waals surface area contributed by atoms with Crippen LogP contribution in [-0.4, -0.2) is 28.0 Å². The second kappa shape index (κ2) is 6.87. The second-order valence-corrected chi connectivity index (χ2v) is 5.29. The molecule has 0 atom stereocenters. The molecule has 120 valence electrons. The van der Waals surface area contributed by atoms with Gasteiger partial charge in [0.1, 0.15) is 0 Å². The van der Waals surface area contributed by atoms with E-state index in [0.717, 1.165) is 11.4 Å². The number of ketones is 1. The molecule has 2 aromatic carbocycles. The number of benzene rings is 2. The molecule has 6 nitrogen and oxygen atoms in total. The van der Waals surface area contributed by atoms with Crippen LogP contribution in [0.2, 0.25) is 0 Å². The summed E-state index contributed by atoms with van der Waals surface area (Å²) in [6.07, 6.45) is 1.56. The van der Waals surface area contributed by atoms with Crippen LogP contribution in [0.15, 0.2) is 60.8 Å². The molecule has 1 aromatic heterocycles. The van der Waals surface area contributed by atoms with Crippen LogP contribution < -0.4 is 10.2 Å². The van der Waals surface area contributed by atoms with Gasteiger partial charge in [-0.05, 0) is 43.3 Å². The maximum Gasteiger partial charge on any atom is 0.251 e. The molecular formula is C18H17N5O. The van der Waals surface area contributed by atoms with E-state index in [-0.39, 0.29) is 5.78 Å². The first-order chi connectivity index (χ1) is 11.6. The van der Waals surface area contributed by atoms with E-state index in [1.54, 1.807) is 25.3 Å². The van der Waals surface area contributed by atoms with Crippen LogP contribution in [0.3, 0.4) is 0 Å². The Morgan fingerprint density at radius 3 is 2.42 bits per heavy atom. The number of Topliss-reactive ketones (excluding diaryl/α,β-unsaturated/α-hetero) is 1. The topological polar surface area (TPSA) is 71.0 Å². The van der Waals surface area contributed by atoms with Crippen molar-refractivity contribution in [1.29, 1.82) is 0 Å². The molecule has 24 heavy (non-hydrogen) atoms. The Labute approximate surface area is 140 Å². The standard InChI is InChI=1S/C18H17N5O/c1-13(24)14-8-10-15(11-9-14)20-17-12-19-22-18(21-17)23(2)16-6-4-3-5-7-16/h3-12H,1-2H3,(H,20,21,22). The van der Waals surface area contributed by atoms with Gasteiger partial charge >= 0.3 is 0 Å². The molecule has 0 radical (unpaired) electrons. The van der Waals surface area contributed by atoms with Crippen molar-refractivity contribution in [3.63, 3.8) is 0 Å². The first-order valence-electron chi connectivity index (χ1n) is 7.50. The van der Waals surface area contributed by atoms with E-state index in [4.69, 9.17) is 0 Å². The predicted molar refractivity (Wildman–Crippen MR) is 94.1 cm³/mol. The lowest BCUT2D eigenvalue weighted by atomic mass is 10.1. The average molecular weight is 319 g/mol. The third-order valence-electron chi connectivity index (χ3n) is 3.55. The van der Waals surface area contributed by atoms with Gasteiger partial charge in [-0.15, -0.1) is 5.10 Å². The van der Waals surface area contributed by atoms with Crippen molar-refractivity contribution in [2.75, 3.05) is 17.3 Å². The van der Waals surface area contributed by atoms with Crippen LogP contribution in [0.5, 0.6) is 0 Å². The summed E-state index contributed by atoms with van der Waals surface area (Å²) in [5, 5.41) is 11.2. The molecule has 0 saturated heterocycles. The molecule has 6 heteroatoms. The molecule has 3 rings (SSSR count). The number of para-hydroxylation sites is 1.